The van der Waals surface area contributed by atoms with Crippen LogP contribution in [0.4, 0.5) is 4.79 Å². The minimum Gasteiger partial charge on any atom is -0.383 e. The Morgan fingerprint density at radius 2 is 2.30 bits per heavy atom. The molecule has 0 fully saturated rings. The summed E-state index contributed by atoms with van der Waals surface area (Å²) in [5.74, 6) is 0.717. The molecule has 7 heteroatoms. The second-order valence-corrected chi connectivity index (χ2v) is 4.08. The molecule has 0 saturated carbocycles. The van der Waals surface area contributed by atoms with Crippen LogP contribution < -0.4 is 10.6 Å². The van der Waals surface area contributed by atoms with E-state index in [4.69, 9.17) is 4.74 Å². The third-order valence-electron chi connectivity index (χ3n) is 2.59. The molecule has 0 aromatic carbocycles. The van der Waals surface area contributed by atoms with Gasteiger partial charge in [-0.2, -0.15) is 5.10 Å². The molecule has 0 spiro atoms. The van der Waals surface area contributed by atoms with Crippen molar-refractivity contribution in [2.75, 3.05) is 20.3 Å². The lowest BCUT2D eigenvalue weighted by Crippen LogP contribution is -2.36. The Bertz CT molecular complexity index is 541. The number of hydrogen-bond donors (Lipinski definition) is 2. The molecule has 0 aliphatic carbocycles. The number of amides is 2. The van der Waals surface area contributed by atoms with Gasteiger partial charge in [0.1, 0.15) is 0 Å². The van der Waals surface area contributed by atoms with E-state index in [1.165, 1.54) is 0 Å². The van der Waals surface area contributed by atoms with Gasteiger partial charge in [0.15, 0.2) is 5.82 Å². The molecule has 0 saturated heterocycles. The van der Waals surface area contributed by atoms with Crippen LogP contribution in [0.1, 0.15) is 5.56 Å². The number of carbonyl (C=O) groups is 1. The zero-order valence-electron chi connectivity index (χ0n) is 11.2. The maximum atomic E-state index is 11.5. The molecule has 7 nitrogen and oxygen atoms in total. The smallest absolute Gasteiger partial charge is 0.315 e. The van der Waals surface area contributed by atoms with E-state index in [1.807, 2.05) is 24.4 Å². The molecular formula is C13H17N5O2. The third kappa shape index (κ3) is 4.06. The van der Waals surface area contributed by atoms with E-state index >= 15 is 0 Å². The molecule has 2 amide bonds. The van der Waals surface area contributed by atoms with Crippen molar-refractivity contribution in [1.82, 2.24) is 25.4 Å². The number of pyridine rings is 1. The average molecular weight is 275 g/mol. The number of ether oxygens (including phenoxy) is 1. The number of nitrogens with one attached hydrogen (secondary N) is 2. The van der Waals surface area contributed by atoms with E-state index in [-0.39, 0.29) is 6.03 Å². The van der Waals surface area contributed by atoms with Crippen LogP contribution in [0, 0.1) is 0 Å². The van der Waals surface area contributed by atoms with Crippen molar-refractivity contribution < 1.29 is 9.53 Å². The van der Waals surface area contributed by atoms with Crippen molar-refractivity contribution in [1.29, 1.82) is 0 Å². The predicted molar refractivity (Wildman–Crippen MR) is 73.5 cm³/mol. The molecule has 0 atom stereocenters. The molecule has 0 aliphatic rings. The molecule has 0 bridgehead atoms. The van der Waals surface area contributed by atoms with Gasteiger partial charge in [-0.15, -0.1) is 0 Å². The van der Waals surface area contributed by atoms with Crippen LogP contribution in [0.25, 0.3) is 5.82 Å². The van der Waals surface area contributed by atoms with Crippen molar-refractivity contribution in [2.45, 2.75) is 6.54 Å². The SMILES string of the molecule is COCCNC(=O)NCc1ccnc(-n2cccn2)c1. The van der Waals surface area contributed by atoms with Gasteiger partial charge in [0, 0.05) is 38.8 Å². The lowest BCUT2D eigenvalue weighted by atomic mass is 10.2. The Morgan fingerprint density at radius 1 is 1.40 bits per heavy atom. The van der Waals surface area contributed by atoms with Crippen molar-refractivity contribution in [3.8, 4) is 5.82 Å². The van der Waals surface area contributed by atoms with Crippen LogP contribution >= 0.6 is 0 Å². The summed E-state index contributed by atoms with van der Waals surface area (Å²) in [7, 11) is 1.59. The second-order valence-electron chi connectivity index (χ2n) is 4.08. The Labute approximate surface area is 117 Å². The van der Waals surface area contributed by atoms with Crippen LogP contribution in [0.15, 0.2) is 36.8 Å². The molecule has 0 radical (unpaired) electrons. The first-order chi connectivity index (χ1) is 9.79. The molecule has 0 aliphatic heterocycles. The van der Waals surface area contributed by atoms with E-state index in [0.717, 1.165) is 5.56 Å². The maximum Gasteiger partial charge on any atom is 0.315 e. The number of hydrogen-bond acceptors (Lipinski definition) is 4. The van der Waals surface area contributed by atoms with Gasteiger partial charge in [0.2, 0.25) is 0 Å². The Morgan fingerprint density at radius 3 is 3.05 bits per heavy atom. The van der Waals surface area contributed by atoms with Crippen molar-refractivity contribution >= 4 is 6.03 Å². The van der Waals surface area contributed by atoms with Crippen LogP contribution in [0.2, 0.25) is 0 Å². The highest BCUT2D eigenvalue weighted by molar-refractivity contribution is 5.73. The molecule has 106 valence electrons. The largest absolute Gasteiger partial charge is 0.383 e. The number of urea groups is 1. The summed E-state index contributed by atoms with van der Waals surface area (Å²) in [6, 6.07) is 5.33. The minimum absolute atomic E-state index is 0.223. The van der Waals surface area contributed by atoms with E-state index in [1.54, 1.807) is 24.2 Å². The summed E-state index contributed by atoms with van der Waals surface area (Å²) in [6.45, 7) is 1.40. The van der Waals surface area contributed by atoms with Gasteiger partial charge in [-0.25, -0.2) is 14.5 Å². The van der Waals surface area contributed by atoms with Gasteiger partial charge in [-0.1, -0.05) is 0 Å². The van der Waals surface area contributed by atoms with Gasteiger partial charge in [0.05, 0.1) is 6.61 Å². The second kappa shape index (κ2) is 7.25. The van der Waals surface area contributed by atoms with Gasteiger partial charge in [-0.05, 0) is 23.8 Å². The normalized spacial score (nSPS) is 10.2. The maximum absolute atomic E-state index is 11.5. The number of nitrogens with zero attached hydrogens (tertiary/aromatic N) is 3. The highest BCUT2D eigenvalue weighted by Crippen LogP contribution is 2.05. The average Bonchev–Trinajstić information content (AvgIpc) is 3.00. The predicted octanol–water partition coefficient (Wildman–Crippen LogP) is 0.713. The fourth-order valence-corrected chi connectivity index (χ4v) is 1.61. The monoisotopic (exact) mass is 275 g/mol. The quantitative estimate of drug-likeness (QED) is 0.761. The lowest BCUT2D eigenvalue weighted by Gasteiger charge is -2.08. The topological polar surface area (TPSA) is 81.1 Å². The van der Waals surface area contributed by atoms with Gasteiger partial charge in [0.25, 0.3) is 0 Å². The van der Waals surface area contributed by atoms with Crippen molar-refractivity contribution in [3.63, 3.8) is 0 Å². The fourth-order valence-electron chi connectivity index (χ4n) is 1.61. The number of carbonyl (C=O) groups excluding carboxylic acids is 1. The molecular weight excluding hydrogens is 258 g/mol. The van der Waals surface area contributed by atoms with Gasteiger partial charge in [-0.3, -0.25) is 0 Å². The van der Waals surface area contributed by atoms with Crippen molar-refractivity contribution in [3.05, 3.63) is 42.4 Å². The van der Waals surface area contributed by atoms with Crippen LogP contribution in [-0.4, -0.2) is 41.1 Å². The van der Waals surface area contributed by atoms with E-state index < -0.39 is 0 Å². The van der Waals surface area contributed by atoms with E-state index in [0.29, 0.717) is 25.5 Å². The van der Waals surface area contributed by atoms with Crippen molar-refractivity contribution in [2.24, 2.45) is 0 Å². The first-order valence-corrected chi connectivity index (χ1v) is 6.25. The third-order valence-corrected chi connectivity index (χ3v) is 2.59. The fraction of sp³-hybridized carbons (Fsp3) is 0.308. The van der Waals surface area contributed by atoms with E-state index in [9.17, 15) is 4.79 Å². The lowest BCUT2D eigenvalue weighted by molar-refractivity contribution is 0.196. The standard InChI is InChI=1S/C13H17N5O2/c1-20-8-6-15-13(19)16-10-11-3-5-14-12(9-11)18-7-2-4-17-18/h2-5,7,9H,6,8,10H2,1H3,(H2,15,16,19). The minimum atomic E-state index is -0.223. The summed E-state index contributed by atoms with van der Waals surface area (Å²) < 4.78 is 6.52. The number of aromatic nitrogens is 3. The summed E-state index contributed by atoms with van der Waals surface area (Å²) in [5, 5.41) is 9.57. The number of rotatable bonds is 6. The first-order valence-electron chi connectivity index (χ1n) is 6.25. The Kier molecular flexibility index (Phi) is 5.08. The van der Waals surface area contributed by atoms with Crippen LogP contribution in [0.5, 0.6) is 0 Å². The van der Waals surface area contributed by atoms with Gasteiger partial charge < -0.3 is 15.4 Å². The Balaban J connectivity index is 1.87. The molecule has 20 heavy (non-hydrogen) atoms. The Hall–Kier alpha value is -2.41. The zero-order chi connectivity index (χ0) is 14.2. The molecule has 2 rings (SSSR count). The van der Waals surface area contributed by atoms with Crippen LogP contribution in [0.3, 0.4) is 0 Å². The highest BCUT2D eigenvalue weighted by atomic mass is 16.5. The molecule has 2 heterocycles. The van der Waals surface area contributed by atoms with Crippen LogP contribution in [-0.2, 0) is 11.3 Å². The van der Waals surface area contributed by atoms with E-state index in [2.05, 4.69) is 20.7 Å². The summed E-state index contributed by atoms with van der Waals surface area (Å²) >= 11 is 0. The summed E-state index contributed by atoms with van der Waals surface area (Å²) in [6.07, 6.45) is 5.20. The van der Waals surface area contributed by atoms with Gasteiger partial charge >= 0.3 is 6.03 Å². The number of methoxy groups -OCH3 is 1. The summed E-state index contributed by atoms with van der Waals surface area (Å²) in [4.78, 5) is 15.7. The first kappa shape index (κ1) is 14.0. The molecule has 0 unspecified atom stereocenters. The highest BCUT2D eigenvalue weighted by Gasteiger charge is 2.02. The molecule has 2 aromatic rings. The summed E-state index contributed by atoms with van der Waals surface area (Å²) in [5.41, 5.74) is 0.951. The zero-order valence-corrected chi connectivity index (χ0v) is 11.2. The molecule has 2 N–H and O–H groups in total. The molecule has 2 aromatic heterocycles.